The number of carbonyl (C=O) groups excluding carboxylic acids is 1. The second-order valence-electron chi connectivity index (χ2n) is 4.15. The van der Waals surface area contributed by atoms with Gasteiger partial charge in [-0.2, -0.15) is 0 Å². The highest BCUT2D eigenvalue weighted by atomic mass is 33.1. The van der Waals surface area contributed by atoms with E-state index < -0.39 is 0 Å². The fraction of sp³-hybridized carbons (Fsp3) is 0.462. The maximum absolute atomic E-state index is 11.6. The van der Waals surface area contributed by atoms with Crippen LogP contribution in [0, 0.1) is 0 Å². The first-order chi connectivity index (χ1) is 8.68. The maximum Gasteiger partial charge on any atom is 0.225 e. The van der Waals surface area contributed by atoms with E-state index in [0.717, 1.165) is 17.9 Å². The summed E-state index contributed by atoms with van der Waals surface area (Å²) in [7, 11) is 7.61. The molecule has 0 heterocycles. The van der Waals surface area contributed by atoms with Crippen LogP contribution >= 0.6 is 21.6 Å². The molecule has 0 aromatic heterocycles. The molecule has 0 spiro atoms. The average molecular weight is 284 g/mol. The van der Waals surface area contributed by atoms with Gasteiger partial charge in [-0.15, -0.1) is 0 Å². The summed E-state index contributed by atoms with van der Waals surface area (Å²) < 4.78 is 0. The van der Waals surface area contributed by atoms with Crippen molar-refractivity contribution in [3.05, 3.63) is 35.9 Å². The molecule has 0 saturated carbocycles. The Kier molecular flexibility index (Phi) is 7.96. The van der Waals surface area contributed by atoms with Crippen molar-refractivity contribution in [1.82, 2.24) is 10.2 Å². The second kappa shape index (κ2) is 9.30. The molecule has 0 radical (unpaired) electrons. The Morgan fingerprint density at radius 1 is 1.22 bits per heavy atom. The molecule has 18 heavy (non-hydrogen) atoms. The van der Waals surface area contributed by atoms with Crippen LogP contribution in [0.1, 0.15) is 5.56 Å². The summed E-state index contributed by atoms with van der Waals surface area (Å²) in [6.45, 7) is 1.07. The smallest absolute Gasteiger partial charge is 0.225 e. The van der Waals surface area contributed by atoms with E-state index in [2.05, 4.69) is 24.3 Å². The van der Waals surface area contributed by atoms with Crippen molar-refractivity contribution < 1.29 is 4.79 Å². The molecular formula is C13H20N2OS2. The van der Waals surface area contributed by atoms with Crippen LogP contribution in [0.15, 0.2) is 30.3 Å². The Bertz CT molecular complexity index is 344. The van der Waals surface area contributed by atoms with Gasteiger partial charge in [0.1, 0.15) is 0 Å². The standard InChI is InChI=1S/C13H20N2OS2/c1-15(2)8-9-17-18-11-14-13(16)10-12-6-4-3-5-7-12/h3-7H,8-11H2,1-2H3,(H,14,16). The maximum atomic E-state index is 11.6. The fourth-order valence-electron chi connectivity index (χ4n) is 1.27. The highest BCUT2D eigenvalue weighted by molar-refractivity contribution is 8.76. The number of amides is 1. The molecular weight excluding hydrogens is 264 g/mol. The van der Waals surface area contributed by atoms with Crippen molar-refractivity contribution in [2.45, 2.75) is 6.42 Å². The third-order valence-corrected chi connectivity index (χ3v) is 4.37. The van der Waals surface area contributed by atoms with E-state index >= 15 is 0 Å². The number of hydrogen-bond donors (Lipinski definition) is 1. The molecule has 0 bridgehead atoms. The molecule has 3 nitrogen and oxygen atoms in total. The molecule has 0 aliphatic rings. The summed E-state index contributed by atoms with van der Waals surface area (Å²) in [5.41, 5.74) is 1.06. The topological polar surface area (TPSA) is 32.3 Å². The molecule has 0 aliphatic carbocycles. The van der Waals surface area contributed by atoms with Crippen LogP contribution in [0.3, 0.4) is 0 Å². The summed E-state index contributed by atoms with van der Waals surface area (Å²) in [5, 5.41) is 2.91. The Balaban J connectivity index is 2.04. The zero-order valence-corrected chi connectivity index (χ0v) is 12.5. The summed E-state index contributed by atoms with van der Waals surface area (Å²) in [4.78, 5) is 13.8. The van der Waals surface area contributed by atoms with E-state index in [9.17, 15) is 4.79 Å². The van der Waals surface area contributed by atoms with Gasteiger partial charge in [0, 0.05) is 12.3 Å². The molecule has 1 amide bonds. The highest BCUT2D eigenvalue weighted by Gasteiger charge is 2.02. The summed E-state index contributed by atoms with van der Waals surface area (Å²) in [6, 6.07) is 9.80. The van der Waals surface area contributed by atoms with E-state index in [-0.39, 0.29) is 5.91 Å². The van der Waals surface area contributed by atoms with Crippen LogP contribution in [-0.4, -0.2) is 43.1 Å². The van der Waals surface area contributed by atoms with Gasteiger partial charge in [0.15, 0.2) is 0 Å². The zero-order chi connectivity index (χ0) is 13.2. The minimum Gasteiger partial charge on any atom is -0.346 e. The van der Waals surface area contributed by atoms with Gasteiger partial charge < -0.3 is 10.2 Å². The average Bonchev–Trinajstić information content (AvgIpc) is 2.34. The van der Waals surface area contributed by atoms with Crippen molar-refractivity contribution in [3.63, 3.8) is 0 Å². The van der Waals surface area contributed by atoms with Crippen LogP contribution in [-0.2, 0) is 11.2 Å². The highest BCUT2D eigenvalue weighted by Crippen LogP contribution is 2.19. The fourth-order valence-corrected chi connectivity index (χ4v) is 3.14. The van der Waals surface area contributed by atoms with E-state index in [1.807, 2.05) is 30.3 Å². The van der Waals surface area contributed by atoms with Crippen molar-refractivity contribution in [2.24, 2.45) is 0 Å². The number of rotatable bonds is 8. The van der Waals surface area contributed by atoms with Gasteiger partial charge >= 0.3 is 0 Å². The summed E-state index contributed by atoms with van der Waals surface area (Å²) in [5.74, 6) is 1.83. The Morgan fingerprint density at radius 3 is 2.61 bits per heavy atom. The Hall–Kier alpha value is -0.650. The molecule has 0 unspecified atom stereocenters. The first-order valence-electron chi connectivity index (χ1n) is 5.88. The number of nitrogens with zero attached hydrogens (tertiary/aromatic N) is 1. The van der Waals surface area contributed by atoms with Gasteiger partial charge in [0.05, 0.1) is 12.3 Å². The number of nitrogens with one attached hydrogen (secondary N) is 1. The number of hydrogen-bond acceptors (Lipinski definition) is 4. The lowest BCUT2D eigenvalue weighted by Crippen LogP contribution is -2.24. The lowest BCUT2D eigenvalue weighted by atomic mass is 10.1. The first kappa shape index (κ1) is 15.4. The monoisotopic (exact) mass is 284 g/mol. The molecule has 0 saturated heterocycles. The minimum absolute atomic E-state index is 0.0851. The third-order valence-electron chi connectivity index (χ3n) is 2.24. The van der Waals surface area contributed by atoms with E-state index in [4.69, 9.17) is 0 Å². The minimum atomic E-state index is 0.0851. The quantitative estimate of drug-likeness (QED) is 0.451. The Morgan fingerprint density at radius 2 is 1.94 bits per heavy atom. The van der Waals surface area contributed by atoms with Crippen molar-refractivity contribution in [1.29, 1.82) is 0 Å². The molecule has 1 N–H and O–H groups in total. The van der Waals surface area contributed by atoms with Crippen LogP contribution in [0.2, 0.25) is 0 Å². The first-order valence-corrected chi connectivity index (χ1v) is 8.37. The summed E-state index contributed by atoms with van der Waals surface area (Å²) >= 11 is 0. The number of benzene rings is 1. The second-order valence-corrected chi connectivity index (χ2v) is 6.73. The third kappa shape index (κ3) is 7.63. The molecule has 0 aliphatic heterocycles. The van der Waals surface area contributed by atoms with Gasteiger partial charge in [0.25, 0.3) is 0 Å². The lowest BCUT2D eigenvalue weighted by molar-refractivity contribution is -0.120. The van der Waals surface area contributed by atoms with E-state index in [1.165, 1.54) is 0 Å². The van der Waals surface area contributed by atoms with Gasteiger partial charge in [-0.3, -0.25) is 4.79 Å². The number of carbonyl (C=O) groups is 1. The van der Waals surface area contributed by atoms with Crippen LogP contribution in [0.5, 0.6) is 0 Å². The van der Waals surface area contributed by atoms with E-state index in [1.54, 1.807) is 21.6 Å². The molecule has 100 valence electrons. The van der Waals surface area contributed by atoms with Crippen molar-refractivity contribution >= 4 is 27.5 Å². The molecule has 5 heteroatoms. The molecule has 1 rings (SSSR count). The van der Waals surface area contributed by atoms with Crippen molar-refractivity contribution in [2.75, 3.05) is 32.3 Å². The Labute approximate surface area is 117 Å². The predicted octanol–water partition coefficient (Wildman–Crippen LogP) is 2.25. The summed E-state index contributed by atoms with van der Waals surface area (Å²) in [6.07, 6.45) is 0.462. The van der Waals surface area contributed by atoms with Crippen molar-refractivity contribution in [3.8, 4) is 0 Å². The molecule has 1 aromatic rings. The van der Waals surface area contributed by atoms with Crippen LogP contribution in [0.25, 0.3) is 0 Å². The van der Waals surface area contributed by atoms with Gasteiger partial charge in [0.2, 0.25) is 5.91 Å². The SMILES string of the molecule is CN(C)CCSSCNC(=O)Cc1ccccc1. The van der Waals surface area contributed by atoms with E-state index in [0.29, 0.717) is 12.3 Å². The molecule has 0 fully saturated rings. The molecule has 1 aromatic carbocycles. The van der Waals surface area contributed by atoms with Gasteiger partial charge in [-0.1, -0.05) is 51.9 Å². The molecule has 0 atom stereocenters. The van der Waals surface area contributed by atoms with Crippen LogP contribution < -0.4 is 5.32 Å². The van der Waals surface area contributed by atoms with Gasteiger partial charge in [-0.25, -0.2) is 0 Å². The lowest BCUT2D eigenvalue weighted by Gasteiger charge is -2.08. The largest absolute Gasteiger partial charge is 0.346 e. The zero-order valence-electron chi connectivity index (χ0n) is 10.9. The predicted molar refractivity (Wildman–Crippen MR) is 81.8 cm³/mol. The van der Waals surface area contributed by atoms with Crippen LogP contribution in [0.4, 0.5) is 0 Å². The normalized spacial score (nSPS) is 10.6. The van der Waals surface area contributed by atoms with Gasteiger partial charge in [-0.05, 0) is 19.7 Å².